The molecule has 146 valence electrons. The molecule has 0 unspecified atom stereocenters. The number of pyridine rings is 1. The molecule has 0 bridgehead atoms. The van der Waals surface area contributed by atoms with Crippen LogP contribution in [0.25, 0.3) is 10.9 Å². The Morgan fingerprint density at radius 1 is 1.29 bits per heavy atom. The topological polar surface area (TPSA) is 50.2 Å². The molecule has 4 rings (SSSR count). The summed E-state index contributed by atoms with van der Waals surface area (Å²) < 4.78 is 4.34. The summed E-state index contributed by atoms with van der Waals surface area (Å²) in [5, 5.41) is 4.88. The van der Waals surface area contributed by atoms with Gasteiger partial charge in [0.05, 0.1) is 5.52 Å². The Bertz CT molecular complexity index is 1010. The summed E-state index contributed by atoms with van der Waals surface area (Å²) in [4.78, 5) is 18.4. The lowest BCUT2D eigenvalue weighted by Gasteiger charge is -2.36. The van der Waals surface area contributed by atoms with Crippen LogP contribution in [0.5, 0.6) is 0 Å². The number of nitrogens with one attached hydrogen (secondary N) is 1. The van der Waals surface area contributed by atoms with Gasteiger partial charge in [-0.2, -0.15) is 11.8 Å². The van der Waals surface area contributed by atoms with Gasteiger partial charge < -0.3 is 9.88 Å². The number of benzene rings is 1. The van der Waals surface area contributed by atoms with E-state index in [0.717, 1.165) is 45.4 Å². The average molecular weight is 413 g/mol. The summed E-state index contributed by atoms with van der Waals surface area (Å²) in [7, 11) is 1.96. The first-order valence-corrected chi connectivity index (χ1v) is 11.4. The standard InChI is InChI=1S/C21H24N4OS2/c1-14-20(28-25-12-16(13-25)27-3)10-19(24(14)2)21(26)23-11-15-6-4-8-18-17(15)7-5-9-22-18/h4-10,16H,11-13H2,1-3H3,(H,23,26). The average Bonchev–Trinajstić information content (AvgIpc) is 2.97. The second kappa shape index (κ2) is 8.19. The number of thioether (sulfide) groups is 1. The van der Waals surface area contributed by atoms with Gasteiger partial charge in [0.1, 0.15) is 5.69 Å². The van der Waals surface area contributed by atoms with Gasteiger partial charge in [0, 0.05) is 54.1 Å². The second-order valence-corrected chi connectivity index (χ2v) is 9.28. The Kier molecular flexibility index (Phi) is 5.66. The predicted octanol–water partition coefficient (Wildman–Crippen LogP) is 3.87. The van der Waals surface area contributed by atoms with Crippen molar-refractivity contribution in [1.82, 2.24) is 19.2 Å². The third kappa shape index (κ3) is 3.79. The number of fused-ring (bicyclic) bond motifs is 1. The van der Waals surface area contributed by atoms with Crippen LogP contribution in [-0.2, 0) is 13.6 Å². The fraction of sp³-hybridized carbons (Fsp3) is 0.333. The van der Waals surface area contributed by atoms with Crippen LogP contribution in [0.2, 0.25) is 0 Å². The van der Waals surface area contributed by atoms with Gasteiger partial charge in [0.25, 0.3) is 5.91 Å². The molecule has 0 spiro atoms. The zero-order valence-corrected chi connectivity index (χ0v) is 17.9. The molecule has 0 aliphatic carbocycles. The molecule has 1 saturated heterocycles. The molecule has 1 aliphatic heterocycles. The van der Waals surface area contributed by atoms with Crippen LogP contribution < -0.4 is 5.32 Å². The van der Waals surface area contributed by atoms with Gasteiger partial charge in [0.15, 0.2) is 0 Å². The first-order chi connectivity index (χ1) is 13.6. The van der Waals surface area contributed by atoms with Crippen molar-refractivity contribution in [3.63, 3.8) is 0 Å². The van der Waals surface area contributed by atoms with Crippen LogP contribution in [0.15, 0.2) is 47.5 Å². The van der Waals surface area contributed by atoms with Gasteiger partial charge in [-0.25, -0.2) is 4.31 Å². The van der Waals surface area contributed by atoms with Crippen LogP contribution in [0.3, 0.4) is 0 Å². The highest BCUT2D eigenvalue weighted by Crippen LogP contribution is 2.34. The van der Waals surface area contributed by atoms with Crippen molar-refractivity contribution < 1.29 is 4.79 Å². The third-order valence-corrected chi connectivity index (χ3v) is 7.40. The first-order valence-electron chi connectivity index (χ1n) is 9.29. The maximum Gasteiger partial charge on any atom is 0.268 e. The molecule has 3 heterocycles. The lowest BCUT2D eigenvalue weighted by atomic mass is 10.1. The van der Waals surface area contributed by atoms with Gasteiger partial charge in [0.2, 0.25) is 0 Å². The van der Waals surface area contributed by atoms with Crippen LogP contribution in [0.1, 0.15) is 21.7 Å². The second-order valence-electron chi connectivity index (χ2n) is 7.00. The Morgan fingerprint density at radius 2 is 2.11 bits per heavy atom. The largest absolute Gasteiger partial charge is 0.347 e. The molecular formula is C21H24N4OS2. The van der Waals surface area contributed by atoms with Crippen molar-refractivity contribution in [3.8, 4) is 0 Å². The maximum absolute atomic E-state index is 12.8. The Balaban J connectivity index is 1.45. The lowest BCUT2D eigenvalue weighted by Crippen LogP contribution is -2.44. The summed E-state index contributed by atoms with van der Waals surface area (Å²) in [6.45, 7) is 4.74. The van der Waals surface area contributed by atoms with E-state index in [1.165, 1.54) is 0 Å². The number of hydrogen-bond acceptors (Lipinski definition) is 5. The predicted molar refractivity (Wildman–Crippen MR) is 118 cm³/mol. The Hall–Kier alpha value is -1.96. The lowest BCUT2D eigenvalue weighted by molar-refractivity contribution is 0.0942. The van der Waals surface area contributed by atoms with Crippen LogP contribution in [-0.4, -0.2) is 44.4 Å². The number of carbonyl (C=O) groups excluding carboxylic acids is 1. The van der Waals surface area contributed by atoms with E-state index in [0.29, 0.717) is 12.2 Å². The fourth-order valence-electron chi connectivity index (χ4n) is 3.33. The molecule has 1 fully saturated rings. The van der Waals surface area contributed by atoms with E-state index in [4.69, 9.17) is 0 Å². The summed E-state index contributed by atoms with van der Waals surface area (Å²) in [6, 6.07) is 12.0. The summed E-state index contributed by atoms with van der Waals surface area (Å²) in [5.41, 5.74) is 3.83. The first kappa shape index (κ1) is 19.4. The van der Waals surface area contributed by atoms with E-state index in [-0.39, 0.29) is 5.91 Å². The SMILES string of the molecule is CSC1CN(Sc2cc(C(=O)NCc3cccc4ncccc34)n(C)c2C)C1. The zero-order chi connectivity index (χ0) is 19.7. The molecule has 1 aliphatic rings. The van der Waals surface area contributed by atoms with Crippen molar-refractivity contribution in [3.05, 3.63) is 59.5 Å². The van der Waals surface area contributed by atoms with Crippen molar-refractivity contribution in [2.75, 3.05) is 19.3 Å². The van der Waals surface area contributed by atoms with E-state index in [2.05, 4.69) is 27.8 Å². The molecular weight excluding hydrogens is 388 g/mol. The number of rotatable bonds is 6. The van der Waals surface area contributed by atoms with Gasteiger partial charge in [-0.15, -0.1) is 0 Å². The van der Waals surface area contributed by atoms with E-state index in [9.17, 15) is 4.79 Å². The molecule has 3 aromatic rings. The molecule has 1 amide bonds. The van der Waals surface area contributed by atoms with Crippen LogP contribution in [0, 0.1) is 6.92 Å². The monoisotopic (exact) mass is 412 g/mol. The number of carbonyl (C=O) groups is 1. The molecule has 2 aromatic heterocycles. The quantitative estimate of drug-likeness (QED) is 0.623. The maximum atomic E-state index is 12.8. The number of hydrogen-bond donors (Lipinski definition) is 1. The number of amides is 1. The summed E-state index contributed by atoms with van der Waals surface area (Å²) in [5.74, 6) is -0.0519. The smallest absolute Gasteiger partial charge is 0.268 e. The van der Waals surface area contributed by atoms with Gasteiger partial charge in [-0.1, -0.05) is 18.2 Å². The van der Waals surface area contributed by atoms with Crippen molar-refractivity contribution >= 4 is 40.5 Å². The molecule has 1 aromatic carbocycles. The number of aromatic nitrogens is 2. The van der Waals surface area contributed by atoms with Gasteiger partial charge >= 0.3 is 0 Å². The molecule has 28 heavy (non-hydrogen) atoms. The Labute approximate surface area is 174 Å². The highest BCUT2D eigenvalue weighted by molar-refractivity contribution is 8.00. The van der Waals surface area contributed by atoms with E-state index in [1.807, 2.05) is 59.8 Å². The zero-order valence-electron chi connectivity index (χ0n) is 16.3. The minimum absolute atomic E-state index is 0.0519. The van der Waals surface area contributed by atoms with Crippen molar-refractivity contribution in [1.29, 1.82) is 0 Å². The van der Waals surface area contributed by atoms with Crippen LogP contribution >= 0.6 is 23.7 Å². The van der Waals surface area contributed by atoms with Crippen molar-refractivity contribution in [2.45, 2.75) is 23.6 Å². The minimum atomic E-state index is -0.0519. The van der Waals surface area contributed by atoms with E-state index in [1.54, 1.807) is 18.1 Å². The fourth-order valence-corrected chi connectivity index (χ4v) is 5.40. The molecule has 0 radical (unpaired) electrons. The molecule has 1 N–H and O–H groups in total. The minimum Gasteiger partial charge on any atom is -0.347 e. The molecule has 7 heteroatoms. The normalized spacial score (nSPS) is 15.0. The summed E-state index contributed by atoms with van der Waals surface area (Å²) in [6.07, 6.45) is 3.95. The summed E-state index contributed by atoms with van der Waals surface area (Å²) >= 11 is 3.68. The van der Waals surface area contributed by atoms with Gasteiger partial charge in [-0.3, -0.25) is 9.78 Å². The highest BCUT2D eigenvalue weighted by atomic mass is 32.2. The van der Waals surface area contributed by atoms with E-state index >= 15 is 0 Å². The van der Waals surface area contributed by atoms with Crippen LogP contribution in [0.4, 0.5) is 0 Å². The highest BCUT2D eigenvalue weighted by Gasteiger charge is 2.28. The molecule has 0 atom stereocenters. The number of nitrogens with zero attached hydrogens (tertiary/aromatic N) is 3. The Morgan fingerprint density at radius 3 is 2.89 bits per heavy atom. The van der Waals surface area contributed by atoms with E-state index < -0.39 is 0 Å². The van der Waals surface area contributed by atoms with Gasteiger partial charge in [-0.05, 0) is 48.9 Å². The van der Waals surface area contributed by atoms with Crippen molar-refractivity contribution in [2.24, 2.45) is 7.05 Å². The molecule has 5 nitrogen and oxygen atoms in total. The molecule has 0 saturated carbocycles. The third-order valence-electron chi connectivity index (χ3n) is 5.27.